The van der Waals surface area contributed by atoms with Gasteiger partial charge in [-0.15, -0.1) is 24.8 Å². The largest absolute Gasteiger partial charge is 0.147 e. The van der Waals surface area contributed by atoms with E-state index in [1.807, 2.05) is 0 Å². The summed E-state index contributed by atoms with van der Waals surface area (Å²) in [4.78, 5) is 0. The SMILES string of the molecule is CCC1=[C]([Zr][C]2=CC=CC2)CC=C1O[Si](C)(C)C.Cl.Cl. The maximum atomic E-state index is 6.23. The number of hydrogen-bond donors (Lipinski definition) is 0. The molecular formula is C15H24Cl2OSiZr. The zero-order valence-corrected chi connectivity index (χ0v) is 17.7. The molecule has 0 aromatic carbocycles. The second-order valence-electron chi connectivity index (χ2n) is 5.75. The second kappa shape index (κ2) is 8.78. The molecule has 2 rings (SSSR count). The molecule has 0 atom stereocenters. The molecule has 0 aromatic rings. The van der Waals surface area contributed by atoms with Gasteiger partial charge in [0, 0.05) is 0 Å². The van der Waals surface area contributed by atoms with Gasteiger partial charge in [0.15, 0.2) is 0 Å². The molecule has 20 heavy (non-hydrogen) atoms. The fraction of sp³-hybridized carbons (Fsp3) is 0.467. The van der Waals surface area contributed by atoms with Gasteiger partial charge in [0.1, 0.15) is 0 Å². The molecule has 0 saturated heterocycles. The van der Waals surface area contributed by atoms with Crippen LogP contribution < -0.4 is 0 Å². The van der Waals surface area contributed by atoms with Crippen LogP contribution in [0.25, 0.3) is 0 Å². The van der Waals surface area contributed by atoms with E-state index in [9.17, 15) is 0 Å². The van der Waals surface area contributed by atoms with Gasteiger partial charge in [-0.3, -0.25) is 0 Å². The Morgan fingerprint density at radius 2 is 1.90 bits per heavy atom. The minimum Gasteiger partial charge on any atom is -0.147 e. The van der Waals surface area contributed by atoms with Gasteiger partial charge in [-0.25, -0.2) is 0 Å². The van der Waals surface area contributed by atoms with Crippen molar-refractivity contribution in [3.8, 4) is 0 Å². The molecule has 0 saturated carbocycles. The van der Waals surface area contributed by atoms with Crippen molar-refractivity contribution in [2.24, 2.45) is 0 Å². The second-order valence-corrected chi connectivity index (χ2v) is 13.9. The van der Waals surface area contributed by atoms with Crippen molar-refractivity contribution < 1.29 is 27.7 Å². The Balaban J connectivity index is 0.00000180. The molecule has 0 aromatic heterocycles. The van der Waals surface area contributed by atoms with E-state index in [1.165, 1.54) is 17.8 Å². The molecule has 112 valence electrons. The Morgan fingerprint density at radius 3 is 2.40 bits per heavy atom. The van der Waals surface area contributed by atoms with E-state index in [4.69, 9.17) is 4.43 Å². The first-order chi connectivity index (χ1) is 8.49. The molecule has 0 amide bonds. The maximum Gasteiger partial charge on any atom is -0.147 e. The Hall–Kier alpha value is 0.440. The normalized spacial score (nSPS) is 17.2. The van der Waals surface area contributed by atoms with Crippen molar-refractivity contribution in [1.82, 2.24) is 0 Å². The Labute approximate surface area is 148 Å². The summed E-state index contributed by atoms with van der Waals surface area (Å²) in [5.74, 6) is 1.22. The van der Waals surface area contributed by atoms with E-state index >= 15 is 0 Å². The molecule has 0 radical (unpaired) electrons. The van der Waals surface area contributed by atoms with Gasteiger partial charge in [-0.1, -0.05) is 0 Å². The molecule has 0 unspecified atom stereocenters. The molecule has 5 heteroatoms. The van der Waals surface area contributed by atoms with E-state index < -0.39 is 31.6 Å². The summed E-state index contributed by atoms with van der Waals surface area (Å²) in [6.45, 7) is 9.07. The van der Waals surface area contributed by atoms with Crippen molar-refractivity contribution in [1.29, 1.82) is 0 Å². The third-order valence-corrected chi connectivity index (χ3v) is 7.52. The van der Waals surface area contributed by atoms with Crippen LogP contribution in [0.2, 0.25) is 19.6 Å². The van der Waals surface area contributed by atoms with Gasteiger partial charge in [-0.2, -0.15) is 0 Å². The van der Waals surface area contributed by atoms with Crippen LogP contribution in [0.3, 0.4) is 0 Å². The van der Waals surface area contributed by atoms with Crippen LogP contribution in [0, 0.1) is 0 Å². The van der Waals surface area contributed by atoms with E-state index in [0.717, 1.165) is 12.8 Å². The molecule has 1 nitrogen and oxygen atoms in total. The predicted octanol–water partition coefficient (Wildman–Crippen LogP) is 5.56. The van der Waals surface area contributed by atoms with Gasteiger partial charge in [0.05, 0.1) is 0 Å². The Kier molecular flexibility index (Phi) is 8.97. The van der Waals surface area contributed by atoms with Gasteiger partial charge in [0.2, 0.25) is 0 Å². The smallest absolute Gasteiger partial charge is 0.147 e. The molecule has 0 aliphatic heterocycles. The molecular weight excluding hydrogens is 386 g/mol. The first-order valence-electron chi connectivity index (χ1n) is 6.74. The van der Waals surface area contributed by atoms with E-state index in [2.05, 4.69) is 50.9 Å². The summed E-state index contributed by atoms with van der Waals surface area (Å²) in [5.41, 5.74) is 1.54. The van der Waals surface area contributed by atoms with Crippen molar-refractivity contribution >= 4 is 33.1 Å². The molecule has 2 aliphatic carbocycles. The molecule has 0 spiro atoms. The third-order valence-electron chi connectivity index (χ3n) is 3.01. The minimum atomic E-state index is -1.46. The third kappa shape index (κ3) is 5.67. The van der Waals surface area contributed by atoms with E-state index in [0.29, 0.717) is 0 Å². The van der Waals surface area contributed by atoms with E-state index in [1.54, 1.807) is 6.56 Å². The molecule has 0 heterocycles. The summed E-state index contributed by atoms with van der Waals surface area (Å²) < 4.78 is 9.68. The van der Waals surface area contributed by atoms with Crippen molar-refractivity contribution in [3.63, 3.8) is 0 Å². The van der Waals surface area contributed by atoms with Gasteiger partial charge in [-0.05, 0) is 0 Å². The number of allylic oxidation sites excluding steroid dienone is 7. The van der Waals surface area contributed by atoms with Crippen molar-refractivity contribution in [2.45, 2.75) is 45.8 Å². The minimum absolute atomic E-state index is 0. The monoisotopic (exact) mass is 408 g/mol. The topological polar surface area (TPSA) is 9.23 Å². The molecule has 0 fully saturated rings. The van der Waals surface area contributed by atoms with Crippen LogP contribution in [0.5, 0.6) is 0 Å². The first-order valence-corrected chi connectivity index (χ1v) is 12.6. The average molecular weight is 411 g/mol. The molecule has 2 aliphatic rings. The van der Waals surface area contributed by atoms with Crippen LogP contribution in [0.4, 0.5) is 0 Å². The van der Waals surface area contributed by atoms with Crippen LogP contribution in [-0.4, -0.2) is 8.32 Å². The van der Waals surface area contributed by atoms with Crippen LogP contribution in [0.1, 0.15) is 26.2 Å². The van der Waals surface area contributed by atoms with Gasteiger partial charge in [0.25, 0.3) is 0 Å². The summed E-state index contributed by atoms with van der Waals surface area (Å²) >= 11 is -0.519. The standard InChI is InChI=1S/C10H17OSi.C5H5.2ClH.Zr/c1-5-9-7-6-8-10(9)11-12(2,3)4;1-2-4-5-3-1;;;/h8H,5-6H2,1-4H3;1-3H,4H2;2*1H;. The zero-order valence-electron chi connectivity index (χ0n) is 12.7. The Bertz CT molecular complexity index is 459. The van der Waals surface area contributed by atoms with Crippen molar-refractivity contribution in [2.75, 3.05) is 0 Å². The van der Waals surface area contributed by atoms with Crippen molar-refractivity contribution in [3.05, 3.63) is 42.2 Å². The number of hydrogen-bond acceptors (Lipinski definition) is 1. The van der Waals surface area contributed by atoms with E-state index in [-0.39, 0.29) is 24.8 Å². The fourth-order valence-electron chi connectivity index (χ4n) is 2.27. The average Bonchev–Trinajstić information content (AvgIpc) is 2.87. The Morgan fingerprint density at radius 1 is 1.20 bits per heavy atom. The quantitative estimate of drug-likeness (QED) is 0.539. The van der Waals surface area contributed by atoms with Crippen LogP contribution in [0.15, 0.2) is 42.2 Å². The number of rotatable bonds is 5. The first kappa shape index (κ1) is 20.4. The number of halogens is 2. The van der Waals surface area contributed by atoms with Gasteiger partial charge < -0.3 is 0 Å². The zero-order chi connectivity index (χ0) is 13.2. The van der Waals surface area contributed by atoms with Crippen LogP contribution in [-0.2, 0) is 27.7 Å². The summed E-state index contributed by atoms with van der Waals surface area (Å²) in [6.07, 6.45) is 12.7. The predicted molar refractivity (Wildman–Crippen MR) is 90.8 cm³/mol. The molecule has 0 N–H and O–H groups in total. The fourth-order valence-corrected chi connectivity index (χ4v) is 6.68. The maximum absolute atomic E-state index is 6.23. The van der Waals surface area contributed by atoms with Gasteiger partial charge >= 0.3 is 124 Å². The van der Waals surface area contributed by atoms with Crippen LogP contribution >= 0.6 is 24.8 Å². The molecule has 0 bridgehead atoms. The summed E-state index contributed by atoms with van der Waals surface area (Å²) in [6, 6.07) is 0. The summed E-state index contributed by atoms with van der Waals surface area (Å²) in [5, 5.41) is 0. The summed E-state index contributed by atoms with van der Waals surface area (Å²) in [7, 11) is -1.46.